The summed E-state index contributed by atoms with van der Waals surface area (Å²) in [6.07, 6.45) is 1.03. The summed E-state index contributed by atoms with van der Waals surface area (Å²) in [7, 11) is 0. The molecule has 30 heavy (non-hydrogen) atoms. The first-order chi connectivity index (χ1) is 14.4. The number of carbonyl (C=O) groups is 3. The van der Waals surface area contributed by atoms with Crippen molar-refractivity contribution in [2.24, 2.45) is 0 Å². The number of hydrogen-bond acceptors (Lipinski definition) is 4. The van der Waals surface area contributed by atoms with Crippen molar-refractivity contribution in [2.45, 2.75) is 31.1 Å². The number of hydrogen-bond donors (Lipinski definition) is 2. The van der Waals surface area contributed by atoms with Gasteiger partial charge in [0.15, 0.2) is 0 Å². The number of nitrogens with zero attached hydrogens (tertiary/aromatic N) is 1. The van der Waals surface area contributed by atoms with E-state index in [9.17, 15) is 18.8 Å². The molecule has 2 aliphatic rings. The molecule has 0 spiro atoms. The van der Waals surface area contributed by atoms with Gasteiger partial charge in [-0.1, -0.05) is 18.2 Å². The molecule has 2 N–H and O–H groups in total. The number of fused-ring (bicyclic) bond motifs is 1. The molecular formula is C22H22FN3O3S. The van der Waals surface area contributed by atoms with E-state index >= 15 is 0 Å². The van der Waals surface area contributed by atoms with E-state index in [0.29, 0.717) is 23.5 Å². The number of rotatable bonds is 4. The lowest BCUT2D eigenvalue weighted by molar-refractivity contribution is -0.126. The second-order valence-electron chi connectivity index (χ2n) is 7.43. The quantitative estimate of drug-likeness (QED) is 0.786. The Morgan fingerprint density at radius 3 is 2.80 bits per heavy atom. The van der Waals surface area contributed by atoms with Crippen LogP contribution in [-0.4, -0.2) is 41.3 Å². The maximum atomic E-state index is 13.9. The molecule has 156 valence electrons. The van der Waals surface area contributed by atoms with Gasteiger partial charge >= 0.3 is 0 Å². The molecule has 4 rings (SSSR count). The van der Waals surface area contributed by atoms with Gasteiger partial charge in [-0.05, 0) is 48.2 Å². The van der Waals surface area contributed by atoms with Crippen LogP contribution >= 0.6 is 11.8 Å². The van der Waals surface area contributed by atoms with Gasteiger partial charge in [-0.3, -0.25) is 14.4 Å². The minimum atomic E-state index is -0.652. The summed E-state index contributed by atoms with van der Waals surface area (Å²) < 4.78 is 13.9. The zero-order valence-electron chi connectivity index (χ0n) is 16.5. The highest BCUT2D eigenvalue weighted by molar-refractivity contribution is 8.00. The molecule has 8 heteroatoms. The van der Waals surface area contributed by atoms with Crippen molar-refractivity contribution < 1.29 is 18.8 Å². The summed E-state index contributed by atoms with van der Waals surface area (Å²) in [5.74, 6) is -0.467. The minimum absolute atomic E-state index is 0.00239. The predicted octanol–water partition coefficient (Wildman–Crippen LogP) is 2.52. The van der Waals surface area contributed by atoms with E-state index in [0.717, 1.165) is 17.7 Å². The largest absolute Gasteiger partial charge is 0.343 e. The summed E-state index contributed by atoms with van der Waals surface area (Å²) >= 11 is 1.36. The summed E-state index contributed by atoms with van der Waals surface area (Å²) in [5.41, 5.74) is 3.01. The van der Waals surface area contributed by atoms with Crippen molar-refractivity contribution in [1.82, 2.24) is 5.32 Å². The maximum absolute atomic E-state index is 13.9. The monoisotopic (exact) mass is 427 g/mol. The molecule has 2 atom stereocenters. The highest BCUT2D eigenvalue weighted by atomic mass is 32.2. The summed E-state index contributed by atoms with van der Waals surface area (Å²) in [4.78, 5) is 38.5. The Bertz CT molecular complexity index is 1010. The van der Waals surface area contributed by atoms with Gasteiger partial charge in [0.2, 0.25) is 17.7 Å². The van der Waals surface area contributed by atoms with Crippen LogP contribution in [0.5, 0.6) is 0 Å². The first-order valence-electron chi connectivity index (χ1n) is 9.79. The fraction of sp³-hybridized carbons (Fsp3) is 0.318. The standard InChI is InChI=1S/C22H22FN3O3S/c1-13(27)26-9-8-15-10-16(6-7-19(15)26)24-21(28)18-12-30-20(22(29)25-18)11-14-4-2-3-5-17(14)23/h2-7,10,18,20H,8-9,11-12H2,1H3,(H,24,28)(H,25,29)/t18-,20+/m0/s1. The molecule has 1 fully saturated rings. The second-order valence-corrected chi connectivity index (χ2v) is 8.67. The normalized spacial score (nSPS) is 20.5. The topological polar surface area (TPSA) is 78.5 Å². The lowest BCUT2D eigenvalue weighted by atomic mass is 10.1. The number of amides is 3. The van der Waals surface area contributed by atoms with Crippen molar-refractivity contribution in [2.75, 3.05) is 22.5 Å². The third kappa shape index (κ3) is 4.18. The van der Waals surface area contributed by atoms with Gasteiger partial charge in [-0.15, -0.1) is 11.8 Å². The SMILES string of the molecule is CC(=O)N1CCc2cc(NC(=O)[C@@H]3CS[C@H](Cc4ccccc4F)C(=O)N3)ccc21. The average Bonchev–Trinajstić information content (AvgIpc) is 3.14. The number of thioether (sulfide) groups is 1. The molecule has 0 bridgehead atoms. The minimum Gasteiger partial charge on any atom is -0.343 e. The first-order valence-corrected chi connectivity index (χ1v) is 10.8. The van der Waals surface area contributed by atoms with Gasteiger partial charge in [0.05, 0.1) is 5.25 Å². The van der Waals surface area contributed by atoms with Crippen LogP contribution in [0.15, 0.2) is 42.5 Å². The molecule has 3 amide bonds. The third-order valence-electron chi connectivity index (χ3n) is 5.38. The predicted molar refractivity (Wildman–Crippen MR) is 115 cm³/mol. The van der Waals surface area contributed by atoms with E-state index in [2.05, 4.69) is 10.6 Å². The van der Waals surface area contributed by atoms with Crippen molar-refractivity contribution in [3.63, 3.8) is 0 Å². The zero-order chi connectivity index (χ0) is 21.3. The lowest BCUT2D eigenvalue weighted by Crippen LogP contribution is -2.52. The molecule has 2 heterocycles. The summed E-state index contributed by atoms with van der Waals surface area (Å²) in [5, 5.41) is 5.18. The maximum Gasteiger partial charge on any atom is 0.247 e. The van der Waals surface area contributed by atoms with E-state index in [4.69, 9.17) is 0 Å². The van der Waals surface area contributed by atoms with Crippen LogP contribution in [0.4, 0.5) is 15.8 Å². The molecule has 1 saturated heterocycles. The Morgan fingerprint density at radius 2 is 2.07 bits per heavy atom. The van der Waals surface area contributed by atoms with Crippen LogP contribution in [0.3, 0.4) is 0 Å². The van der Waals surface area contributed by atoms with Gasteiger partial charge in [-0.2, -0.15) is 0 Å². The van der Waals surface area contributed by atoms with Crippen molar-refractivity contribution in [3.05, 3.63) is 59.4 Å². The highest BCUT2D eigenvalue weighted by Gasteiger charge is 2.33. The van der Waals surface area contributed by atoms with Gasteiger partial charge in [0.25, 0.3) is 0 Å². The Labute approximate surface area is 178 Å². The van der Waals surface area contributed by atoms with E-state index in [1.54, 1.807) is 29.2 Å². The molecule has 2 aromatic carbocycles. The van der Waals surface area contributed by atoms with Crippen LogP contribution in [0.1, 0.15) is 18.1 Å². The van der Waals surface area contributed by atoms with Crippen LogP contribution in [0.2, 0.25) is 0 Å². The number of carbonyl (C=O) groups excluding carboxylic acids is 3. The Hall–Kier alpha value is -2.87. The van der Waals surface area contributed by atoms with Crippen LogP contribution < -0.4 is 15.5 Å². The van der Waals surface area contributed by atoms with Crippen molar-refractivity contribution in [1.29, 1.82) is 0 Å². The van der Waals surface area contributed by atoms with Gasteiger partial charge < -0.3 is 15.5 Å². The van der Waals surface area contributed by atoms with Gasteiger partial charge in [-0.25, -0.2) is 4.39 Å². The van der Waals surface area contributed by atoms with Gasteiger partial charge in [0, 0.05) is 30.6 Å². The van der Waals surface area contributed by atoms with Crippen molar-refractivity contribution in [3.8, 4) is 0 Å². The number of nitrogens with one attached hydrogen (secondary N) is 2. The number of anilines is 2. The van der Waals surface area contributed by atoms with Crippen LogP contribution in [0.25, 0.3) is 0 Å². The molecule has 0 radical (unpaired) electrons. The van der Waals surface area contributed by atoms with E-state index in [1.807, 2.05) is 12.1 Å². The summed E-state index contributed by atoms with van der Waals surface area (Å²) in [6, 6.07) is 11.2. The second kappa shape index (κ2) is 8.47. The zero-order valence-corrected chi connectivity index (χ0v) is 17.3. The molecular weight excluding hydrogens is 405 g/mol. The first kappa shape index (κ1) is 20.4. The lowest BCUT2D eigenvalue weighted by Gasteiger charge is -2.28. The van der Waals surface area contributed by atoms with E-state index in [-0.39, 0.29) is 30.0 Å². The molecule has 2 aromatic rings. The van der Waals surface area contributed by atoms with E-state index < -0.39 is 11.3 Å². The van der Waals surface area contributed by atoms with Crippen LogP contribution in [-0.2, 0) is 27.2 Å². The molecule has 0 saturated carbocycles. The Morgan fingerprint density at radius 1 is 1.27 bits per heavy atom. The fourth-order valence-corrected chi connectivity index (χ4v) is 4.96. The van der Waals surface area contributed by atoms with Crippen LogP contribution in [0, 0.1) is 5.82 Å². The van der Waals surface area contributed by atoms with Gasteiger partial charge in [0.1, 0.15) is 11.9 Å². The molecule has 2 aliphatic heterocycles. The summed E-state index contributed by atoms with van der Waals surface area (Å²) in [6.45, 7) is 2.18. The Balaban J connectivity index is 1.36. The number of halogens is 1. The van der Waals surface area contributed by atoms with Crippen molar-refractivity contribution >= 4 is 40.9 Å². The molecule has 6 nitrogen and oxygen atoms in total. The smallest absolute Gasteiger partial charge is 0.247 e. The highest BCUT2D eigenvalue weighted by Crippen LogP contribution is 2.31. The van der Waals surface area contributed by atoms with E-state index in [1.165, 1.54) is 24.8 Å². The third-order valence-corrected chi connectivity index (χ3v) is 6.68. The Kier molecular flexibility index (Phi) is 5.76. The number of benzene rings is 2. The fourth-order valence-electron chi connectivity index (χ4n) is 3.79. The molecule has 0 aliphatic carbocycles. The average molecular weight is 428 g/mol. The molecule has 0 unspecified atom stereocenters. The molecule has 0 aromatic heterocycles.